The number of fused-ring (bicyclic) bond motifs is 1. The summed E-state index contributed by atoms with van der Waals surface area (Å²) in [5.41, 5.74) is 1.17. The number of hydrogen-bond donors (Lipinski definition) is 0. The lowest BCUT2D eigenvalue weighted by molar-refractivity contribution is -0.137. The molecular formula is C14H12BrNO4. The molecule has 0 aliphatic carbocycles. The lowest BCUT2D eigenvalue weighted by Gasteiger charge is -2.11. The first-order valence-electron chi connectivity index (χ1n) is 5.99. The van der Waals surface area contributed by atoms with Crippen LogP contribution in [0.5, 0.6) is 0 Å². The second kappa shape index (κ2) is 5.58. The number of imide groups is 1. The third-order valence-electron chi connectivity index (χ3n) is 2.79. The molecular weight excluding hydrogens is 326 g/mol. The molecule has 1 aliphatic rings. The lowest BCUT2D eigenvalue weighted by Crippen LogP contribution is -2.31. The normalized spacial score (nSPS) is 15.4. The van der Waals surface area contributed by atoms with Crippen molar-refractivity contribution >= 4 is 45.0 Å². The van der Waals surface area contributed by atoms with Crippen molar-refractivity contribution in [2.45, 2.75) is 13.8 Å². The standard InChI is InChI=1S/C14H12BrNO4/c1-3-20-13(18)7-11-10-6-9(15)4-5-12(10)16(8(2)17)14(11)19/h4-7H,3H2,1-2H3. The van der Waals surface area contributed by atoms with E-state index < -0.39 is 17.8 Å². The third-order valence-corrected chi connectivity index (χ3v) is 3.28. The van der Waals surface area contributed by atoms with Crippen LogP contribution in [-0.4, -0.2) is 24.4 Å². The number of nitrogens with zero attached hydrogens (tertiary/aromatic N) is 1. The Bertz CT molecular complexity index is 636. The summed E-state index contributed by atoms with van der Waals surface area (Å²) in [4.78, 5) is 36.5. The highest BCUT2D eigenvalue weighted by Crippen LogP contribution is 2.38. The van der Waals surface area contributed by atoms with Gasteiger partial charge in [-0.05, 0) is 25.1 Å². The van der Waals surface area contributed by atoms with Crippen LogP contribution in [0.3, 0.4) is 0 Å². The zero-order valence-corrected chi connectivity index (χ0v) is 12.6. The minimum absolute atomic E-state index is 0.162. The molecule has 2 amide bonds. The predicted octanol–water partition coefficient (Wildman–Crippen LogP) is 2.29. The van der Waals surface area contributed by atoms with Crippen LogP contribution in [0.4, 0.5) is 5.69 Å². The summed E-state index contributed by atoms with van der Waals surface area (Å²) in [5.74, 6) is -1.52. The van der Waals surface area contributed by atoms with Gasteiger partial charge in [0.25, 0.3) is 5.91 Å². The van der Waals surface area contributed by atoms with E-state index in [1.807, 2.05) is 0 Å². The van der Waals surface area contributed by atoms with E-state index in [9.17, 15) is 14.4 Å². The molecule has 2 rings (SSSR count). The molecule has 1 heterocycles. The zero-order chi connectivity index (χ0) is 14.9. The first-order valence-corrected chi connectivity index (χ1v) is 6.78. The Hall–Kier alpha value is -1.95. The van der Waals surface area contributed by atoms with E-state index in [-0.39, 0.29) is 12.2 Å². The largest absolute Gasteiger partial charge is 0.463 e. The molecule has 0 saturated heterocycles. The van der Waals surface area contributed by atoms with Crippen LogP contribution in [-0.2, 0) is 19.1 Å². The van der Waals surface area contributed by atoms with Crippen molar-refractivity contribution < 1.29 is 19.1 Å². The first-order chi connectivity index (χ1) is 9.45. The maximum Gasteiger partial charge on any atom is 0.331 e. The maximum atomic E-state index is 12.3. The van der Waals surface area contributed by atoms with Gasteiger partial charge in [-0.2, -0.15) is 0 Å². The number of benzene rings is 1. The summed E-state index contributed by atoms with van der Waals surface area (Å²) in [5, 5.41) is 0. The Labute approximate surface area is 124 Å². The average molecular weight is 338 g/mol. The van der Waals surface area contributed by atoms with Crippen molar-refractivity contribution in [3.63, 3.8) is 0 Å². The smallest absolute Gasteiger partial charge is 0.331 e. The minimum Gasteiger partial charge on any atom is -0.463 e. The van der Waals surface area contributed by atoms with Gasteiger partial charge in [0, 0.05) is 23.0 Å². The third kappa shape index (κ3) is 2.51. The molecule has 20 heavy (non-hydrogen) atoms. The minimum atomic E-state index is -0.604. The van der Waals surface area contributed by atoms with E-state index in [4.69, 9.17) is 4.74 Å². The molecule has 0 radical (unpaired) electrons. The van der Waals surface area contributed by atoms with Gasteiger partial charge in [0.2, 0.25) is 5.91 Å². The number of carbonyl (C=O) groups is 3. The molecule has 0 fully saturated rings. The van der Waals surface area contributed by atoms with Gasteiger partial charge in [0.1, 0.15) is 0 Å². The van der Waals surface area contributed by atoms with E-state index in [0.29, 0.717) is 11.3 Å². The van der Waals surface area contributed by atoms with Crippen LogP contribution in [0.15, 0.2) is 28.7 Å². The van der Waals surface area contributed by atoms with Crippen LogP contribution in [0.2, 0.25) is 0 Å². The monoisotopic (exact) mass is 337 g/mol. The Kier molecular flexibility index (Phi) is 4.04. The van der Waals surface area contributed by atoms with E-state index in [0.717, 1.165) is 15.4 Å². The summed E-state index contributed by atoms with van der Waals surface area (Å²) < 4.78 is 5.56. The number of hydrogen-bond acceptors (Lipinski definition) is 4. The summed E-state index contributed by atoms with van der Waals surface area (Å²) in [7, 11) is 0. The molecule has 0 saturated carbocycles. The van der Waals surface area contributed by atoms with Crippen molar-refractivity contribution in [1.29, 1.82) is 0 Å². The number of rotatable bonds is 2. The number of ether oxygens (including phenoxy) is 1. The molecule has 0 N–H and O–H groups in total. The molecule has 5 nitrogen and oxygen atoms in total. The average Bonchev–Trinajstić information content (AvgIpc) is 2.63. The van der Waals surface area contributed by atoms with Gasteiger partial charge in [0.05, 0.1) is 17.9 Å². The molecule has 1 aromatic carbocycles. The van der Waals surface area contributed by atoms with E-state index in [1.165, 1.54) is 6.92 Å². The van der Waals surface area contributed by atoms with Gasteiger partial charge in [-0.3, -0.25) is 9.59 Å². The number of amides is 2. The van der Waals surface area contributed by atoms with Crippen LogP contribution in [0.1, 0.15) is 19.4 Å². The SMILES string of the molecule is CCOC(=O)C=C1C(=O)N(C(C)=O)c2ccc(Br)cc21. The zero-order valence-electron chi connectivity index (χ0n) is 11.0. The van der Waals surface area contributed by atoms with Gasteiger partial charge < -0.3 is 4.74 Å². The predicted molar refractivity (Wildman–Crippen MR) is 76.9 cm³/mol. The molecule has 1 aromatic rings. The number of anilines is 1. The molecule has 0 spiro atoms. The summed E-state index contributed by atoms with van der Waals surface area (Å²) in [6.45, 7) is 3.20. The number of esters is 1. The molecule has 104 valence electrons. The van der Waals surface area contributed by atoms with Gasteiger partial charge in [-0.25, -0.2) is 9.69 Å². The van der Waals surface area contributed by atoms with Gasteiger partial charge in [-0.15, -0.1) is 0 Å². The van der Waals surface area contributed by atoms with Crippen molar-refractivity contribution in [2.75, 3.05) is 11.5 Å². The number of halogens is 1. The Morgan fingerprint density at radius 3 is 2.70 bits per heavy atom. The van der Waals surface area contributed by atoms with E-state index >= 15 is 0 Å². The van der Waals surface area contributed by atoms with Crippen LogP contribution in [0, 0.1) is 0 Å². The summed E-state index contributed by atoms with van der Waals surface area (Å²) >= 11 is 3.31. The van der Waals surface area contributed by atoms with Crippen molar-refractivity contribution in [3.8, 4) is 0 Å². The quantitative estimate of drug-likeness (QED) is 0.613. The highest BCUT2D eigenvalue weighted by molar-refractivity contribution is 9.10. The maximum absolute atomic E-state index is 12.3. The van der Waals surface area contributed by atoms with Crippen LogP contribution < -0.4 is 4.90 Å². The highest BCUT2D eigenvalue weighted by atomic mass is 79.9. The van der Waals surface area contributed by atoms with Crippen molar-refractivity contribution in [2.24, 2.45) is 0 Å². The van der Waals surface area contributed by atoms with Crippen LogP contribution >= 0.6 is 15.9 Å². The fourth-order valence-corrected chi connectivity index (χ4v) is 2.38. The van der Waals surface area contributed by atoms with Crippen molar-refractivity contribution in [1.82, 2.24) is 0 Å². The second-order valence-corrected chi connectivity index (χ2v) is 5.05. The number of carbonyl (C=O) groups excluding carboxylic acids is 3. The Balaban J connectivity index is 2.55. The van der Waals surface area contributed by atoms with Gasteiger partial charge in [0.15, 0.2) is 0 Å². The molecule has 6 heteroatoms. The molecule has 1 aliphatic heterocycles. The summed E-state index contributed by atoms with van der Waals surface area (Å²) in [6, 6.07) is 5.08. The second-order valence-electron chi connectivity index (χ2n) is 4.13. The molecule has 0 aromatic heterocycles. The molecule has 0 unspecified atom stereocenters. The summed E-state index contributed by atoms with van der Waals surface area (Å²) in [6.07, 6.45) is 1.13. The first kappa shape index (κ1) is 14.5. The van der Waals surface area contributed by atoms with Gasteiger partial charge >= 0.3 is 5.97 Å². The van der Waals surface area contributed by atoms with Crippen molar-refractivity contribution in [3.05, 3.63) is 34.3 Å². The van der Waals surface area contributed by atoms with Crippen LogP contribution in [0.25, 0.3) is 5.57 Å². The van der Waals surface area contributed by atoms with E-state index in [2.05, 4.69) is 15.9 Å². The van der Waals surface area contributed by atoms with E-state index in [1.54, 1.807) is 25.1 Å². The Morgan fingerprint density at radius 1 is 1.40 bits per heavy atom. The highest BCUT2D eigenvalue weighted by Gasteiger charge is 2.35. The topological polar surface area (TPSA) is 63.7 Å². The van der Waals surface area contributed by atoms with Gasteiger partial charge in [-0.1, -0.05) is 15.9 Å². The Morgan fingerprint density at radius 2 is 2.10 bits per heavy atom. The molecule has 0 atom stereocenters. The molecule has 0 bridgehead atoms. The lowest BCUT2D eigenvalue weighted by atomic mass is 10.1. The fourth-order valence-electron chi connectivity index (χ4n) is 2.02. The fraction of sp³-hybridized carbons (Fsp3) is 0.214.